The lowest BCUT2D eigenvalue weighted by molar-refractivity contribution is -0.165. The van der Waals surface area contributed by atoms with E-state index in [1.807, 2.05) is 103 Å². The lowest BCUT2D eigenvalue weighted by atomic mass is 9.96. The van der Waals surface area contributed by atoms with E-state index in [9.17, 15) is 14.4 Å². The van der Waals surface area contributed by atoms with Gasteiger partial charge >= 0.3 is 5.97 Å². The van der Waals surface area contributed by atoms with Crippen LogP contribution in [-0.4, -0.2) is 40.1 Å². The van der Waals surface area contributed by atoms with Gasteiger partial charge in [-0.15, -0.1) is 11.8 Å². The number of nitrogens with one attached hydrogen (secondary N) is 1. The second-order valence-electron chi connectivity index (χ2n) is 9.07. The summed E-state index contributed by atoms with van der Waals surface area (Å²) in [7, 11) is 0. The van der Waals surface area contributed by atoms with Crippen LogP contribution in [-0.2, 0) is 25.5 Å². The van der Waals surface area contributed by atoms with E-state index in [1.54, 1.807) is 4.90 Å². The van der Waals surface area contributed by atoms with Crippen molar-refractivity contribution in [3.8, 4) is 0 Å². The van der Waals surface area contributed by atoms with Gasteiger partial charge in [0.1, 0.15) is 11.4 Å². The van der Waals surface area contributed by atoms with Crippen molar-refractivity contribution in [2.75, 3.05) is 0 Å². The number of β-lactam (4-membered cyclic amide) rings is 1. The highest BCUT2D eigenvalue weighted by Crippen LogP contribution is 2.42. The summed E-state index contributed by atoms with van der Waals surface area (Å²) < 4.78 is 6.12. The van der Waals surface area contributed by atoms with E-state index in [4.69, 9.17) is 4.74 Å². The lowest BCUT2D eigenvalue weighted by Gasteiger charge is -2.51. The van der Waals surface area contributed by atoms with E-state index in [1.165, 1.54) is 11.8 Å². The summed E-state index contributed by atoms with van der Waals surface area (Å²) in [5, 5.41) is 4.45. The number of hydrogen-bond donors (Lipinski definition) is 1. The van der Waals surface area contributed by atoms with Crippen molar-refractivity contribution in [2.45, 2.75) is 43.3 Å². The largest absolute Gasteiger partial charge is 0.451 e. The molecule has 3 aromatic rings. The summed E-state index contributed by atoms with van der Waals surface area (Å²) in [6.07, 6.45) is 0.202. The molecule has 1 fully saturated rings. The minimum atomic E-state index is -0.819. The molecular weight excluding hydrogens is 484 g/mol. The maximum absolute atomic E-state index is 13.7. The van der Waals surface area contributed by atoms with Crippen LogP contribution in [0.15, 0.2) is 102 Å². The predicted molar refractivity (Wildman–Crippen MR) is 143 cm³/mol. The van der Waals surface area contributed by atoms with E-state index in [-0.39, 0.29) is 23.6 Å². The summed E-state index contributed by atoms with van der Waals surface area (Å²) in [5.74, 6) is -0.961. The third kappa shape index (κ3) is 5.18. The smallest absolute Gasteiger partial charge is 0.334 e. The van der Waals surface area contributed by atoms with Crippen LogP contribution in [0.3, 0.4) is 0 Å². The zero-order valence-corrected chi connectivity index (χ0v) is 21.3. The first-order chi connectivity index (χ1) is 18.1. The fourth-order valence-electron chi connectivity index (χ4n) is 4.75. The number of nitrogens with zero attached hydrogens (tertiary/aromatic N) is 1. The van der Waals surface area contributed by atoms with Gasteiger partial charge < -0.3 is 15.0 Å². The molecule has 6 nitrogen and oxygen atoms in total. The van der Waals surface area contributed by atoms with Crippen LogP contribution in [0.4, 0.5) is 0 Å². The fraction of sp³-hybridized carbons (Fsp3) is 0.233. The second-order valence-corrected chi connectivity index (χ2v) is 10.1. The van der Waals surface area contributed by atoms with Crippen LogP contribution in [0.5, 0.6) is 0 Å². The van der Waals surface area contributed by atoms with Crippen LogP contribution in [0.25, 0.3) is 0 Å². The van der Waals surface area contributed by atoms with Gasteiger partial charge in [-0.2, -0.15) is 0 Å². The van der Waals surface area contributed by atoms with Crippen molar-refractivity contribution in [2.24, 2.45) is 0 Å². The molecule has 0 saturated carbocycles. The van der Waals surface area contributed by atoms with Crippen molar-refractivity contribution in [3.05, 3.63) is 119 Å². The minimum Gasteiger partial charge on any atom is -0.451 e. The Hall–Kier alpha value is -3.84. The molecule has 3 aromatic carbocycles. The molecule has 0 unspecified atom stereocenters. The van der Waals surface area contributed by atoms with Crippen molar-refractivity contribution >= 4 is 29.5 Å². The Kier molecular flexibility index (Phi) is 7.42. The van der Waals surface area contributed by atoms with Gasteiger partial charge in [0.15, 0.2) is 12.1 Å². The van der Waals surface area contributed by atoms with Crippen molar-refractivity contribution in [3.63, 3.8) is 0 Å². The summed E-state index contributed by atoms with van der Waals surface area (Å²) in [4.78, 5) is 41.1. The Balaban J connectivity index is 1.34. The van der Waals surface area contributed by atoms with Gasteiger partial charge in [0.2, 0.25) is 11.8 Å². The first-order valence-electron chi connectivity index (χ1n) is 12.4. The number of ether oxygens (including phenoxy) is 1. The van der Waals surface area contributed by atoms with Crippen LogP contribution in [0.1, 0.15) is 36.1 Å². The number of hydrogen-bond acceptors (Lipinski definition) is 5. The maximum atomic E-state index is 13.7. The molecule has 2 aliphatic rings. The molecule has 188 valence electrons. The normalized spacial score (nSPS) is 20.5. The molecule has 2 amide bonds. The number of amides is 2. The highest BCUT2D eigenvalue weighted by atomic mass is 32.2. The third-order valence-electron chi connectivity index (χ3n) is 6.66. The van der Waals surface area contributed by atoms with Crippen LogP contribution < -0.4 is 5.32 Å². The van der Waals surface area contributed by atoms with Crippen LogP contribution >= 0.6 is 11.8 Å². The van der Waals surface area contributed by atoms with Gasteiger partial charge in [-0.3, -0.25) is 9.59 Å². The van der Waals surface area contributed by atoms with Gasteiger partial charge in [0.25, 0.3) is 0 Å². The molecular formula is C30H28N2O4S. The number of benzene rings is 3. The Morgan fingerprint density at radius 3 is 2.05 bits per heavy atom. The maximum Gasteiger partial charge on any atom is 0.334 e. The number of rotatable bonds is 8. The first-order valence-corrected chi connectivity index (χ1v) is 13.3. The molecule has 2 heterocycles. The Morgan fingerprint density at radius 2 is 1.49 bits per heavy atom. The molecule has 1 saturated heterocycles. The summed E-state index contributed by atoms with van der Waals surface area (Å²) in [6.45, 7) is 1.96. The van der Waals surface area contributed by atoms with Gasteiger partial charge in [0.05, 0.1) is 6.42 Å². The highest BCUT2D eigenvalue weighted by Gasteiger charge is 2.56. The van der Waals surface area contributed by atoms with E-state index in [0.29, 0.717) is 6.42 Å². The number of carbonyl (C=O) groups excluding carboxylic acids is 3. The highest BCUT2D eigenvalue weighted by molar-refractivity contribution is 8.02. The van der Waals surface area contributed by atoms with Crippen LogP contribution in [0.2, 0.25) is 0 Å². The monoisotopic (exact) mass is 512 g/mol. The Morgan fingerprint density at radius 1 is 0.919 bits per heavy atom. The average Bonchev–Trinajstić information content (AvgIpc) is 2.95. The zero-order chi connectivity index (χ0) is 25.8. The van der Waals surface area contributed by atoms with Crippen molar-refractivity contribution in [1.82, 2.24) is 10.2 Å². The minimum absolute atomic E-state index is 0.194. The number of fused-ring (bicyclic) bond motifs is 1. The van der Waals surface area contributed by atoms with Gasteiger partial charge in [-0.1, -0.05) is 97.9 Å². The lowest BCUT2D eigenvalue weighted by Crippen LogP contribution is -2.74. The molecule has 0 aromatic heterocycles. The van der Waals surface area contributed by atoms with E-state index in [0.717, 1.165) is 22.3 Å². The van der Waals surface area contributed by atoms with E-state index in [2.05, 4.69) is 5.32 Å². The molecule has 2 aliphatic heterocycles. The third-order valence-corrected chi connectivity index (χ3v) is 7.88. The van der Waals surface area contributed by atoms with Gasteiger partial charge in [-0.25, -0.2) is 4.79 Å². The molecule has 1 N–H and O–H groups in total. The van der Waals surface area contributed by atoms with Crippen LogP contribution in [0, 0.1) is 0 Å². The first kappa shape index (κ1) is 24.8. The SMILES string of the molecule is CCC1=CS[C@@H]2[C@H](NC(=O)Cc3ccccc3)C(=O)N2[C@H]1C(=O)OC(c1ccccc1)c1ccccc1. The average molecular weight is 513 g/mol. The quantitative estimate of drug-likeness (QED) is 0.352. The van der Waals surface area contributed by atoms with E-state index < -0.39 is 24.2 Å². The topological polar surface area (TPSA) is 75.7 Å². The Labute approximate surface area is 220 Å². The molecule has 0 aliphatic carbocycles. The molecule has 37 heavy (non-hydrogen) atoms. The van der Waals surface area contributed by atoms with E-state index >= 15 is 0 Å². The zero-order valence-electron chi connectivity index (χ0n) is 20.4. The standard InChI is InChI=1S/C30H28N2O4S/c1-2-21-19-37-29-25(31-24(33)18-20-12-6-3-7-13-20)28(34)32(29)26(21)30(35)36-27(22-14-8-4-9-15-22)23-16-10-5-11-17-23/h3-17,19,25-27,29H,2,18H2,1H3,(H,31,33)/t25-,26-,29-/m1/s1. The van der Waals surface area contributed by atoms with Gasteiger partial charge in [-0.05, 0) is 34.1 Å². The second kappa shape index (κ2) is 11.0. The summed E-state index contributed by atoms with van der Waals surface area (Å²) >= 11 is 1.46. The molecule has 5 rings (SSSR count). The number of esters is 1. The molecule has 3 atom stereocenters. The fourth-order valence-corrected chi connectivity index (χ4v) is 6.06. The van der Waals surface area contributed by atoms with Crippen molar-refractivity contribution in [1.29, 1.82) is 0 Å². The number of thioether (sulfide) groups is 1. The summed E-state index contributed by atoms with van der Waals surface area (Å²) in [6, 6.07) is 27.1. The van der Waals surface area contributed by atoms with Gasteiger partial charge in [0, 0.05) is 0 Å². The molecule has 0 bridgehead atoms. The number of carbonyl (C=O) groups is 3. The summed E-state index contributed by atoms with van der Waals surface area (Å²) in [5.41, 5.74) is 3.41. The molecule has 0 radical (unpaired) electrons. The molecule has 7 heteroatoms. The van der Waals surface area contributed by atoms with Crippen molar-refractivity contribution < 1.29 is 19.1 Å². The predicted octanol–water partition coefficient (Wildman–Crippen LogP) is 4.62. The Bertz CT molecular complexity index is 1260. The molecule has 0 spiro atoms.